The predicted molar refractivity (Wildman–Crippen MR) is 44.3 cm³/mol. The maximum absolute atomic E-state index is 13.1. The Bertz CT molecular complexity index is 313. The molecule has 0 aliphatic heterocycles. The highest BCUT2D eigenvalue weighted by atomic mass is 19.3. The predicted octanol–water partition coefficient (Wildman–Crippen LogP) is 2.43. The van der Waals surface area contributed by atoms with Gasteiger partial charge in [0.25, 0.3) is 5.92 Å². The molecule has 0 spiro atoms. The molecule has 0 saturated heterocycles. The maximum atomic E-state index is 13.1. The lowest BCUT2D eigenvalue weighted by Gasteiger charge is -2.18. The zero-order valence-electron chi connectivity index (χ0n) is 7.18. The zero-order chi connectivity index (χ0) is 10.8. The topological polar surface area (TPSA) is 26.0 Å². The molecule has 1 atom stereocenters. The molecule has 14 heavy (non-hydrogen) atoms. The molecule has 0 bridgehead atoms. The first-order valence-corrected chi connectivity index (χ1v) is 3.95. The zero-order valence-corrected chi connectivity index (χ0v) is 7.18. The summed E-state index contributed by atoms with van der Waals surface area (Å²) in [4.78, 5) is 0. The van der Waals surface area contributed by atoms with E-state index in [2.05, 4.69) is 0 Å². The minimum atomic E-state index is -3.66. The van der Waals surface area contributed by atoms with Crippen LogP contribution in [0.4, 0.5) is 17.6 Å². The number of benzene rings is 1. The highest BCUT2D eigenvalue weighted by Gasteiger charge is 2.39. The second-order valence-electron chi connectivity index (χ2n) is 2.88. The van der Waals surface area contributed by atoms with Crippen LogP contribution in [0.5, 0.6) is 0 Å². The van der Waals surface area contributed by atoms with E-state index in [9.17, 15) is 17.6 Å². The van der Waals surface area contributed by atoms with Crippen LogP contribution in [0.15, 0.2) is 24.3 Å². The molecule has 1 aromatic rings. The van der Waals surface area contributed by atoms with Gasteiger partial charge >= 0.3 is 0 Å². The minimum absolute atomic E-state index is 0.402. The van der Waals surface area contributed by atoms with Crippen molar-refractivity contribution in [2.75, 3.05) is 6.54 Å². The monoisotopic (exact) mass is 207 g/mol. The second-order valence-corrected chi connectivity index (χ2v) is 2.88. The Hall–Kier alpha value is -1.10. The third-order valence-electron chi connectivity index (χ3n) is 1.78. The summed E-state index contributed by atoms with van der Waals surface area (Å²) < 4.78 is 51.2. The van der Waals surface area contributed by atoms with E-state index in [-0.39, 0.29) is 0 Å². The van der Waals surface area contributed by atoms with Gasteiger partial charge in [0.05, 0.1) is 6.54 Å². The quantitative estimate of drug-likeness (QED) is 0.757. The lowest BCUT2D eigenvalue weighted by molar-refractivity contribution is -0.0652. The van der Waals surface area contributed by atoms with Crippen molar-refractivity contribution in [1.29, 1.82) is 0 Å². The van der Waals surface area contributed by atoms with Crippen molar-refractivity contribution < 1.29 is 17.6 Å². The van der Waals surface area contributed by atoms with E-state index in [0.717, 1.165) is 18.2 Å². The van der Waals surface area contributed by atoms with Gasteiger partial charge in [0.15, 0.2) is 6.17 Å². The molecule has 0 amide bonds. The molecular weight excluding hydrogens is 198 g/mol. The first-order valence-electron chi connectivity index (χ1n) is 3.95. The van der Waals surface area contributed by atoms with Crippen molar-refractivity contribution in [1.82, 2.24) is 0 Å². The van der Waals surface area contributed by atoms with Crippen LogP contribution in [0.2, 0.25) is 0 Å². The number of alkyl halides is 3. The van der Waals surface area contributed by atoms with Crippen molar-refractivity contribution in [3.05, 3.63) is 35.6 Å². The number of hydrogen-bond donors (Lipinski definition) is 1. The maximum Gasteiger partial charge on any atom is 0.294 e. The average molecular weight is 207 g/mol. The molecule has 0 aromatic heterocycles. The van der Waals surface area contributed by atoms with Gasteiger partial charge in [0.2, 0.25) is 0 Å². The van der Waals surface area contributed by atoms with Crippen molar-refractivity contribution >= 4 is 0 Å². The summed E-state index contributed by atoms with van der Waals surface area (Å²) >= 11 is 0. The van der Waals surface area contributed by atoms with E-state index in [0.29, 0.717) is 0 Å². The van der Waals surface area contributed by atoms with Gasteiger partial charge in [-0.2, -0.15) is 0 Å². The van der Waals surface area contributed by atoms with Gasteiger partial charge in [-0.15, -0.1) is 0 Å². The van der Waals surface area contributed by atoms with E-state index in [4.69, 9.17) is 5.73 Å². The van der Waals surface area contributed by atoms with Crippen molar-refractivity contribution in [2.24, 2.45) is 5.73 Å². The van der Waals surface area contributed by atoms with E-state index in [1.54, 1.807) is 0 Å². The Kier molecular flexibility index (Phi) is 3.10. The molecule has 0 aliphatic carbocycles. The van der Waals surface area contributed by atoms with Crippen molar-refractivity contribution in [3.8, 4) is 0 Å². The van der Waals surface area contributed by atoms with Crippen LogP contribution < -0.4 is 5.73 Å². The molecule has 0 fully saturated rings. The lowest BCUT2D eigenvalue weighted by Crippen LogP contribution is -2.32. The Labute approximate surface area is 78.5 Å². The lowest BCUT2D eigenvalue weighted by atomic mass is 10.1. The van der Waals surface area contributed by atoms with Crippen LogP contribution in [-0.4, -0.2) is 12.5 Å². The molecule has 1 rings (SSSR count). The summed E-state index contributed by atoms with van der Waals surface area (Å²) in [6.45, 7) is -1.11. The number of nitrogens with two attached hydrogens (primary N) is 1. The molecule has 0 aliphatic rings. The number of hydrogen-bond acceptors (Lipinski definition) is 1. The van der Waals surface area contributed by atoms with E-state index >= 15 is 0 Å². The summed E-state index contributed by atoms with van der Waals surface area (Å²) in [6.07, 6.45) is -2.57. The fourth-order valence-corrected chi connectivity index (χ4v) is 1.01. The van der Waals surface area contributed by atoms with Crippen LogP contribution in [0.3, 0.4) is 0 Å². The Morgan fingerprint density at radius 2 is 2.00 bits per heavy atom. The summed E-state index contributed by atoms with van der Waals surface area (Å²) in [6, 6.07) is 4.05. The summed E-state index contributed by atoms with van der Waals surface area (Å²) in [5.41, 5.74) is 4.30. The van der Waals surface area contributed by atoms with Crippen LogP contribution >= 0.6 is 0 Å². The molecular formula is C9H9F4N. The van der Waals surface area contributed by atoms with Crippen molar-refractivity contribution in [2.45, 2.75) is 12.1 Å². The standard InChI is InChI=1S/C9H9F4N/c10-7-3-1-2-6(4-7)8(11)9(12,13)5-14/h1-4,8H,5,14H2. The highest BCUT2D eigenvalue weighted by Crippen LogP contribution is 2.33. The molecule has 0 saturated carbocycles. The molecule has 0 heterocycles. The summed E-state index contributed by atoms with van der Waals surface area (Å²) in [5, 5.41) is 0. The van der Waals surface area contributed by atoms with Gasteiger partial charge in [-0.05, 0) is 17.7 Å². The Balaban J connectivity index is 2.94. The largest absolute Gasteiger partial charge is 0.325 e. The fourth-order valence-electron chi connectivity index (χ4n) is 1.01. The van der Waals surface area contributed by atoms with Crippen LogP contribution in [0, 0.1) is 5.82 Å². The summed E-state index contributed by atoms with van der Waals surface area (Å²) in [7, 11) is 0. The number of rotatable bonds is 3. The number of halogens is 4. The molecule has 0 radical (unpaired) electrons. The van der Waals surface area contributed by atoms with Crippen LogP contribution in [0.25, 0.3) is 0 Å². The van der Waals surface area contributed by atoms with Gasteiger partial charge in [-0.1, -0.05) is 12.1 Å². The second kappa shape index (κ2) is 3.96. The third kappa shape index (κ3) is 2.23. The van der Waals surface area contributed by atoms with Crippen molar-refractivity contribution in [3.63, 3.8) is 0 Å². The van der Waals surface area contributed by atoms with E-state index < -0.39 is 30.0 Å². The van der Waals surface area contributed by atoms with Gasteiger partial charge in [0.1, 0.15) is 5.82 Å². The highest BCUT2D eigenvalue weighted by molar-refractivity contribution is 5.20. The fraction of sp³-hybridized carbons (Fsp3) is 0.333. The molecule has 1 unspecified atom stereocenters. The molecule has 5 heteroatoms. The average Bonchev–Trinajstić information content (AvgIpc) is 2.16. The van der Waals surface area contributed by atoms with E-state index in [1.165, 1.54) is 6.07 Å². The van der Waals surface area contributed by atoms with E-state index in [1.807, 2.05) is 0 Å². The van der Waals surface area contributed by atoms with Crippen LogP contribution in [-0.2, 0) is 0 Å². The molecule has 1 nitrogen and oxygen atoms in total. The van der Waals surface area contributed by atoms with Gasteiger partial charge in [-0.3, -0.25) is 0 Å². The van der Waals surface area contributed by atoms with Crippen LogP contribution in [0.1, 0.15) is 11.7 Å². The van der Waals surface area contributed by atoms with Gasteiger partial charge in [0, 0.05) is 0 Å². The Morgan fingerprint density at radius 3 is 2.50 bits per heavy atom. The summed E-state index contributed by atoms with van der Waals surface area (Å²) in [5.74, 6) is -4.41. The molecule has 78 valence electrons. The first kappa shape index (κ1) is 11.0. The molecule has 1 aromatic carbocycles. The minimum Gasteiger partial charge on any atom is -0.325 e. The van der Waals surface area contributed by atoms with Gasteiger partial charge in [-0.25, -0.2) is 17.6 Å². The van der Waals surface area contributed by atoms with Gasteiger partial charge < -0.3 is 5.73 Å². The first-order chi connectivity index (χ1) is 6.47. The normalized spacial score (nSPS) is 14.1. The smallest absolute Gasteiger partial charge is 0.294 e. The third-order valence-corrected chi connectivity index (χ3v) is 1.78. The SMILES string of the molecule is NCC(F)(F)C(F)c1cccc(F)c1. The molecule has 2 N–H and O–H groups in total. The Morgan fingerprint density at radius 1 is 1.36 bits per heavy atom.